The maximum absolute atomic E-state index is 12.6. The smallest absolute Gasteiger partial charge is 0.273 e. The molecule has 0 saturated carbocycles. The number of likely N-dealkylation sites (tertiary alicyclic amines) is 1. The molecule has 1 aromatic heterocycles. The minimum atomic E-state index is -0.0510. The van der Waals surface area contributed by atoms with E-state index in [9.17, 15) is 9.59 Å². The van der Waals surface area contributed by atoms with Crippen molar-refractivity contribution < 1.29 is 19.1 Å². The van der Waals surface area contributed by atoms with Gasteiger partial charge in [-0.15, -0.1) is 11.3 Å². The molecule has 132 valence electrons. The van der Waals surface area contributed by atoms with Gasteiger partial charge in [-0.3, -0.25) is 9.59 Å². The zero-order valence-corrected chi connectivity index (χ0v) is 14.7. The van der Waals surface area contributed by atoms with Gasteiger partial charge >= 0.3 is 0 Å². The van der Waals surface area contributed by atoms with E-state index in [-0.39, 0.29) is 30.5 Å². The second kappa shape index (κ2) is 8.04. The minimum absolute atomic E-state index is 0.00245. The fourth-order valence-electron chi connectivity index (χ4n) is 3.50. The highest BCUT2D eigenvalue weighted by Gasteiger charge is 2.37. The van der Waals surface area contributed by atoms with Gasteiger partial charge in [0, 0.05) is 44.8 Å². The van der Waals surface area contributed by atoms with Crippen molar-refractivity contribution >= 4 is 23.2 Å². The molecule has 0 aromatic carbocycles. The van der Waals surface area contributed by atoms with Crippen molar-refractivity contribution in [3.8, 4) is 0 Å². The fraction of sp³-hybridized carbons (Fsp3) is 0.688. The van der Waals surface area contributed by atoms with Crippen LogP contribution in [0.2, 0.25) is 0 Å². The van der Waals surface area contributed by atoms with Gasteiger partial charge in [-0.25, -0.2) is 4.98 Å². The largest absolute Gasteiger partial charge is 0.381 e. The van der Waals surface area contributed by atoms with Crippen LogP contribution in [0.5, 0.6) is 0 Å². The molecule has 2 saturated heterocycles. The quantitative estimate of drug-likeness (QED) is 0.790. The van der Waals surface area contributed by atoms with E-state index in [0.29, 0.717) is 32.0 Å². The first-order valence-corrected chi connectivity index (χ1v) is 9.20. The van der Waals surface area contributed by atoms with E-state index in [1.165, 1.54) is 18.4 Å². The zero-order chi connectivity index (χ0) is 16.9. The maximum atomic E-state index is 12.6. The lowest BCUT2D eigenvalue weighted by Crippen LogP contribution is -2.51. The van der Waals surface area contributed by atoms with Crippen LogP contribution in [0.3, 0.4) is 0 Å². The molecule has 2 aliphatic heterocycles. The summed E-state index contributed by atoms with van der Waals surface area (Å²) in [6.45, 7) is 2.64. The van der Waals surface area contributed by atoms with Crippen LogP contribution in [0.1, 0.15) is 29.8 Å². The van der Waals surface area contributed by atoms with E-state index in [1.54, 1.807) is 15.8 Å². The molecule has 1 unspecified atom stereocenters. The summed E-state index contributed by atoms with van der Waals surface area (Å²) in [7, 11) is 1.53. The average Bonchev–Trinajstić information content (AvgIpc) is 3.28. The first-order valence-electron chi connectivity index (χ1n) is 8.26. The lowest BCUT2D eigenvalue weighted by atomic mass is 10.0. The number of carbonyl (C=O) groups is 2. The minimum Gasteiger partial charge on any atom is -0.381 e. The first-order chi connectivity index (χ1) is 11.7. The van der Waals surface area contributed by atoms with Crippen LogP contribution in [0.4, 0.5) is 0 Å². The summed E-state index contributed by atoms with van der Waals surface area (Å²) in [6, 6.07) is 0.207. The molecule has 1 atom stereocenters. The Hall–Kier alpha value is -1.51. The van der Waals surface area contributed by atoms with Gasteiger partial charge in [0.25, 0.3) is 5.91 Å². The van der Waals surface area contributed by atoms with Crippen LogP contribution >= 0.6 is 11.3 Å². The predicted molar refractivity (Wildman–Crippen MR) is 89.0 cm³/mol. The SMILES string of the molecule is COCC(=O)N(C1CCOCC1)C1CCN(C(=O)c2cscn2)C1. The molecule has 0 N–H and O–H groups in total. The average molecular weight is 353 g/mol. The first kappa shape index (κ1) is 17.3. The van der Waals surface area contributed by atoms with Gasteiger partial charge in [0.15, 0.2) is 0 Å². The number of rotatable bonds is 5. The van der Waals surface area contributed by atoms with Crippen LogP contribution in [0.25, 0.3) is 0 Å². The Balaban J connectivity index is 1.69. The Bertz CT molecular complexity index is 560. The molecule has 0 aliphatic carbocycles. The second-order valence-corrected chi connectivity index (χ2v) is 6.86. The molecule has 0 bridgehead atoms. The Kier molecular flexibility index (Phi) is 5.80. The number of methoxy groups -OCH3 is 1. The lowest BCUT2D eigenvalue weighted by molar-refractivity contribution is -0.142. The number of carbonyl (C=O) groups excluding carboxylic acids is 2. The molecule has 2 fully saturated rings. The van der Waals surface area contributed by atoms with Crippen molar-refractivity contribution in [2.75, 3.05) is 40.0 Å². The topological polar surface area (TPSA) is 72.0 Å². The highest BCUT2D eigenvalue weighted by atomic mass is 32.1. The highest BCUT2D eigenvalue weighted by Crippen LogP contribution is 2.24. The molecule has 2 aliphatic rings. The number of hydrogen-bond donors (Lipinski definition) is 0. The van der Waals surface area contributed by atoms with Gasteiger partial charge in [0.1, 0.15) is 12.3 Å². The molecule has 0 radical (unpaired) electrons. The lowest BCUT2D eigenvalue weighted by Gasteiger charge is -2.38. The van der Waals surface area contributed by atoms with Crippen molar-refractivity contribution in [2.24, 2.45) is 0 Å². The molecule has 7 nitrogen and oxygen atoms in total. The van der Waals surface area contributed by atoms with Crippen LogP contribution < -0.4 is 0 Å². The number of thiazole rings is 1. The summed E-state index contributed by atoms with van der Waals surface area (Å²) in [6.07, 6.45) is 2.47. The number of nitrogens with zero attached hydrogens (tertiary/aromatic N) is 3. The third-order valence-electron chi connectivity index (χ3n) is 4.64. The molecule has 2 amide bonds. The van der Waals surface area contributed by atoms with Gasteiger partial charge in [-0.05, 0) is 19.3 Å². The second-order valence-electron chi connectivity index (χ2n) is 6.14. The van der Waals surface area contributed by atoms with E-state index in [1.807, 2.05) is 4.90 Å². The molecule has 8 heteroatoms. The van der Waals surface area contributed by atoms with E-state index >= 15 is 0 Å². The fourth-order valence-corrected chi connectivity index (χ4v) is 4.03. The van der Waals surface area contributed by atoms with E-state index in [0.717, 1.165) is 19.3 Å². The van der Waals surface area contributed by atoms with Crippen molar-refractivity contribution in [3.63, 3.8) is 0 Å². The third-order valence-corrected chi connectivity index (χ3v) is 5.22. The molecular formula is C16H23N3O4S. The van der Waals surface area contributed by atoms with Crippen molar-refractivity contribution in [1.82, 2.24) is 14.8 Å². The molecule has 3 rings (SSSR count). The van der Waals surface area contributed by atoms with Gasteiger partial charge in [0.05, 0.1) is 11.6 Å². The van der Waals surface area contributed by atoms with E-state index in [2.05, 4.69) is 4.98 Å². The van der Waals surface area contributed by atoms with Crippen molar-refractivity contribution in [1.29, 1.82) is 0 Å². The Labute approximate surface area is 145 Å². The zero-order valence-electron chi connectivity index (χ0n) is 13.8. The van der Waals surface area contributed by atoms with Crippen LogP contribution in [-0.2, 0) is 14.3 Å². The van der Waals surface area contributed by atoms with Crippen LogP contribution in [-0.4, -0.2) is 78.7 Å². The summed E-state index contributed by atoms with van der Waals surface area (Å²) in [5.41, 5.74) is 2.15. The monoisotopic (exact) mass is 353 g/mol. The molecule has 24 heavy (non-hydrogen) atoms. The van der Waals surface area contributed by atoms with Crippen molar-refractivity contribution in [2.45, 2.75) is 31.3 Å². The Morgan fingerprint density at radius 3 is 2.83 bits per heavy atom. The Morgan fingerprint density at radius 1 is 1.38 bits per heavy atom. The van der Waals surface area contributed by atoms with Gasteiger partial charge in [0.2, 0.25) is 5.91 Å². The molecule has 1 aromatic rings. The third kappa shape index (κ3) is 3.76. The molecule has 0 spiro atoms. The van der Waals surface area contributed by atoms with Gasteiger partial charge in [-0.1, -0.05) is 0 Å². The summed E-state index contributed by atoms with van der Waals surface area (Å²) in [5.74, 6) is -0.0535. The normalized spacial score (nSPS) is 21.9. The number of ether oxygens (including phenoxy) is 2. The van der Waals surface area contributed by atoms with E-state index in [4.69, 9.17) is 9.47 Å². The summed E-state index contributed by atoms with van der Waals surface area (Å²) < 4.78 is 10.5. The standard InChI is InChI=1S/C16H23N3O4S/c1-22-9-15(20)19(12-3-6-23-7-4-12)13-2-5-18(8-13)16(21)14-10-24-11-17-14/h10-13H,2-9H2,1H3. The number of amides is 2. The molecule has 3 heterocycles. The van der Waals surface area contributed by atoms with Crippen LogP contribution in [0, 0.1) is 0 Å². The predicted octanol–water partition coefficient (Wildman–Crippen LogP) is 1.01. The Morgan fingerprint density at radius 2 is 2.17 bits per heavy atom. The van der Waals surface area contributed by atoms with Gasteiger partial charge in [-0.2, -0.15) is 0 Å². The summed E-state index contributed by atoms with van der Waals surface area (Å²) >= 11 is 1.41. The maximum Gasteiger partial charge on any atom is 0.273 e. The molecular weight excluding hydrogens is 330 g/mol. The summed E-state index contributed by atoms with van der Waals surface area (Å²) in [5, 5.41) is 1.77. The summed E-state index contributed by atoms with van der Waals surface area (Å²) in [4.78, 5) is 32.9. The van der Waals surface area contributed by atoms with E-state index < -0.39 is 0 Å². The number of aromatic nitrogens is 1. The highest BCUT2D eigenvalue weighted by molar-refractivity contribution is 7.07. The van der Waals surface area contributed by atoms with Crippen molar-refractivity contribution in [3.05, 3.63) is 16.6 Å². The van der Waals surface area contributed by atoms with Crippen LogP contribution in [0.15, 0.2) is 10.9 Å². The van der Waals surface area contributed by atoms with Gasteiger partial charge < -0.3 is 19.3 Å². The number of hydrogen-bond acceptors (Lipinski definition) is 6.